The molecule has 3 nitrogen and oxygen atoms in total. The van der Waals surface area contributed by atoms with Crippen LogP contribution in [0.2, 0.25) is 0 Å². The number of hydrogen-bond donors (Lipinski definition) is 1. The molecule has 1 heterocycles. The van der Waals surface area contributed by atoms with Gasteiger partial charge in [-0.2, -0.15) is 5.10 Å². The molecule has 1 N–H and O–H groups in total. The fourth-order valence-electron chi connectivity index (χ4n) is 1.58. The van der Waals surface area contributed by atoms with Gasteiger partial charge < -0.3 is 5.32 Å². The topological polar surface area (TPSA) is 29.9 Å². The molecule has 15 heavy (non-hydrogen) atoms. The summed E-state index contributed by atoms with van der Waals surface area (Å²) in [6.07, 6.45) is 10.1. The Bertz CT molecular complexity index is 322. The van der Waals surface area contributed by atoms with Gasteiger partial charge >= 0.3 is 0 Å². The second-order valence-corrected chi connectivity index (χ2v) is 3.72. The van der Waals surface area contributed by atoms with E-state index < -0.39 is 0 Å². The molecule has 3 heteroatoms. The lowest BCUT2D eigenvalue weighted by molar-refractivity contribution is 0.515. The normalized spacial score (nSPS) is 12.3. The van der Waals surface area contributed by atoms with Gasteiger partial charge in [0.1, 0.15) is 0 Å². The van der Waals surface area contributed by atoms with Crippen molar-refractivity contribution >= 4 is 0 Å². The largest absolute Gasteiger partial charge is 0.309 e. The Balaban J connectivity index is 2.23. The number of aryl methyl sites for hydroxylation is 1. The SMILES string of the molecule is C#CCCCCNC(C)c1ccnn1C. The smallest absolute Gasteiger partial charge is 0.0547 e. The molecule has 1 atom stereocenters. The fourth-order valence-corrected chi connectivity index (χ4v) is 1.58. The molecule has 0 bridgehead atoms. The molecule has 0 spiro atoms. The first-order valence-electron chi connectivity index (χ1n) is 5.40. The van der Waals surface area contributed by atoms with Crippen LogP contribution in [0.3, 0.4) is 0 Å². The summed E-state index contributed by atoms with van der Waals surface area (Å²) >= 11 is 0. The van der Waals surface area contributed by atoms with Crippen molar-refractivity contribution in [2.75, 3.05) is 6.54 Å². The van der Waals surface area contributed by atoms with E-state index in [4.69, 9.17) is 6.42 Å². The highest BCUT2D eigenvalue weighted by molar-refractivity contribution is 5.04. The highest BCUT2D eigenvalue weighted by atomic mass is 15.3. The van der Waals surface area contributed by atoms with E-state index in [9.17, 15) is 0 Å². The Morgan fingerprint density at radius 1 is 1.60 bits per heavy atom. The molecule has 0 saturated heterocycles. The molecular weight excluding hydrogens is 186 g/mol. The van der Waals surface area contributed by atoms with E-state index in [1.807, 2.05) is 24.0 Å². The summed E-state index contributed by atoms with van der Waals surface area (Å²) in [6, 6.07) is 2.39. The molecule has 0 saturated carbocycles. The first-order chi connectivity index (χ1) is 7.25. The number of nitrogens with zero attached hydrogens (tertiary/aromatic N) is 2. The van der Waals surface area contributed by atoms with Gasteiger partial charge in [-0.3, -0.25) is 4.68 Å². The summed E-state index contributed by atoms with van der Waals surface area (Å²) < 4.78 is 1.90. The molecule has 0 aliphatic carbocycles. The average molecular weight is 205 g/mol. The third-order valence-corrected chi connectivity index (χ3v) is 2.50. The predicted molar refractivity (Wildman–Crippen MR) is 62.3 cm³/mol. The molecule has 1 aromatic heterocycles. The van der Waals surface area contributed by atoms with E-state index in [-0.39, 0.29) is 0 Å². The minimum atomic E-state index is 0.350. The highest BCUT2D eigenvalue weighted by Crippen LogP contribution is 2.09. The van der Waals surface area contributed by atoms with Crippen LogP contribution in [0, 0.1) is 12.3 Å². The van der Waals surface area contributed by atoms with E-state index in [0.29, 0.717) is 6.04 Å². The van der Waals surface area contributed by atoms with E-state index in [1.165, 1.54) is 5.69 Å². The Kier molecular flexibility index (Phi) is 4.92. The van der Waals surface area contributed by atoms with Crippen LogP contribution in [0.5, 0.6) is 0 Å². The lowest BCUT2D eigenvalue weighted by Crippen LogP contribution is -2.21. The van der Waals surface area contributed by atoms with Crippen molar-refractivity contribution in [2.24, 2.45) is 7.05 Å². The molecule has 0 radical (unpaired) electrons. The van der Waals surface area contributed by atoms with Gasteiger partial charge in [0.2, 0.25) is 0 Å². The third kappa shape index (κ3) is 3.77. The molecule has 1 rings (SSSR count). The standard InChI is InChI=1S/C12H19N3/c1-4-5-6-7-9-13-11(2)12-8-10-14-15(12)3/h1,8,10-11,13H,5-7,9H2,2-3H3. The number of terminal acetylenes is 1. The van der Waals surface area contributed by atoms with E-state index in [2.05, 4.69) is 23.3 Å². The van der Waals surface area contributed by atoms with Crippen molar-refractivity contribution in [1.82, 2.24) is 15.1 Å². The first-order valence-corrected chi connectivity index (χ1v) is 5.40. The van der Waals surface area contributed by atoms with Gasteiger partial charge in [0.15, 0.2) is 0 Å². The van der Waals surface area contributed by atoms with E-state index in [0.717, 1.165) is 25.8 Å². The maximum atomic E-state index is 5.19. The lowest BCUT2D eigenvalue weighted by Gasteiger charge is -2.13. The summed E-state index contributed by atoms with van der Waals surface area (Å²) in [5.41, 5.74) is 1.21. The summed E-state index contributed by atoms with van der Waals surface area (Å²) in [5, 5.41) is 7.60. The monoisotopic (exact) mass is 205 g/mol. The van der Waals surface area contributed by atoms with Gasteiger partial charge in [0, 0.05) is 25.7 Å². The van der Waals surface area contributed by atoms with Gasteiger partial charge in [-0.25, -0.2) is 0 Å². The Morgan fingerprint density at radius 3 is 3.00 bits per heavy atom. The zero-order valence-electron chi connectivity index (χ0n) is 9.53. The van der Waals surface area contributed by atoms with Gasteiger partial charge in [-0.05, 0) is 32.4 Å². The Labute approximate surface area is 91.9 Å². The summed E-state index contributed by atoms with van der Waals surface area (Å²) in [7, 11) is 1.96. The van der Waals surface area contributed by atoms with Crippen molar-refractivity contribution in [2.45, 2.75) is 32.2 Å². The number of rotatable bonds is 6. The predicted octanol–water partition coefficient (Wildman–Crippen LogP) is 1.87. The summed E-state index contributed by atoms with van der Waals surface area (Å²) in [5.74, 6) is 2.65. The van der Waals surface area contributed by atoms with Crippen LogP contribution in [0.1, 0.15) is 37.9 Å². The zero-order chi connectivity index (χ0) is 11.1. The number of nitrogens with one attached hydrogen (secondary N) is 1. The van der Waals surface area contributed by atoms with E-state index >= 15 is 0 Å². The average Bonchev–Trinajstić information content (AvgIpc) is 2.64. The summed E-state index contributed by atoms with van der Waals surface area (Å²) in [4.78, 5) is 0. The molecule has 0 aliphatic heterocycles. The molecule has 0 aromatic carbocycles. The van der Waals surface area contributed by atoms with Gasteiger partial charge in [-0.15, -0.1) is 12.3 Å². The number of aromatic nitrogens is 2. The second kappa shape index (κ2) is 6.26. The van der Waals surface area contributed by atoms with Crippen LogP contribution in [0.15, 0.2) is 12.3 Å². The Morgan fingerprint density at radius 2 is 2.40 bits per heavy atom. The van der Waals surface area contributed by atoms with Gasteiger partial charge in [0.05, 0.1) is 5.69 Å². The Hall–Kier alpha value is -1.27. The third-order valence-electron chi connectivity index (χ3n) is 2.50. The fraction of sp³-hybridized carbons (Fsp3) is 0.583. The second-order valence-electron chi connectivity index (χ2n) is 3.72. The van der Waals surface area contributed by atoms with Crippen LogP contribution >= 0.6 is 0 Å². The van der Waals surface area contributed by atoms with Crippen molar-refractivity contribution in [1.29, 1.82) is 0 Å². The molecule has 82 valence electrons. The molecule has 0 amide bonds. The quantitative estimate of drug-likeness (QED) is 0.567. The number of unbranched alkanes of at least 4 members (excludes halogenated alkanes) is 2. The van der Waals surface area contributed by atoms with Crippen LogP contribution in [0.4, 0.5) is 0 Å². The van der Waals surface area contributed by atoms with Gasteiger partial charge in [0.25, 0.3) is 0 Å². The minimum Gasteiger partial charge on any atom is -0.309 e. The molecule has 0 aliphatic rings. The molecule has 0 fully saturated rings. The van der Waals surface area contributed by atoms with Crippen LogP contribution in [-0.4, -0.2) is 16.3 Å². The summed E-state index contributed by atoms with van der Waals surface area (Å²) in [6.45, 7) is 3.16. The van der Waals surface area contributed by atoms with Crippen LogP contribution in [0.25, 0.3) is 0 Å². The molecular formula is C12H19N3. The van der Waals surface area contributed by atoms with Crippen LogP contribution < -0.4 is 5.32 Å². The number of hydrogen-bond acceptors (Lipinski definition) is 2. The lowest BCUT2D eigenvalue weighted by atomic mass is 10.2. The zero-order valence-corrected chi connectivity index (χ0v) is 9.53. The van der Waals surface area contributed by atoms with Crippen molar-refractivity contribution < 1.29 is 0 Å². The van der Waals surface area contributed by atoms with Crippen molar-refractivity contribution in [3.05, 3.63) is 18.0 Å². The highest BCUT2D eigenvalue weighted by Gasteiger charge is 2.07. The maximum Gasteiger partial charge on any atom is 0.0547 e. The van der Waals surface area contributed by atoms with Crippen LogP contribution in [-0.2, 0) is 7.05 Å². The van der Waals surface area contributed by atoms with E-state index in [1.54, 1.807) is 0 Å². The van der Waals surface area contributed by atoms with Crippen molar-refractivity contribution in [3.8, 4) is 12.3 Å². The molecule has 1 aromatic rings. The first kappa shape index (κ1) is 11.8. The van der Waals surface area contributed by atoms with Crippen molar-refractivity contribution in [3.63, 3.8) is 0 Å². The molecule has 1 unspecified atom stereocenters. The minimum absolute atomic E-state index is 0.350. The van der Waals surface area contributed by atoms with Gasteiger partial charge in [-0.1, -0.05) is 0 Å². The maximum absolute atomic E-state index is 5.19.